The van der Waals surface area contributed by atoms with Gasteiger partial charge in [-0.05, 0) is 18.6 Å². The number of hydrogen-bond acceptors (Lipinski definition) is 2. The van der Waals surface area contributed by atoms with Crippen molar-refractivity contribution in [1.82, 2.24) is 9.80 Å². The third-order valence-electron chi connectivity index (χ3n) is 3.28. The summed E-state index contributed by atoms with van der Waals surface area (Å²) < 4.78 is 0. The monoisotopic (exact) mass is 244 g/mol. The summed E-state index contributed by atoms with van der Waals surface area (Å²) in [5.41, 5.74) is 0.787. The fourth-order valence-corrected chi connectivity index (χ4v) is 2.30. The maximum Gasteiger partial charge on any atom is 0.253 e. The number of carbonyl (C=O) groups excluding carboxylic acids is 1. The van der Waals surface area contributed by atoms with Crippen LogP contribution in [0.4, 0.5) is 0 Å². The minimum absolute atomic E-state index is 0.149. The first-order valence-electron chi connectivity index (χ1n) is 6.49. The fourth-order valence-electron chi connectivity index (χ4n) is 2.30. The highest BCUT2D eigenvalue weighted by Crippen LogP contribution is 2.09. The molecule has 1 aliphatic heterocycles. The van der Waals surface area contributed by atoms with Crippen LogP contribution in [0, 0.1) is 0 Å². The fraction of sp³-hybridized carbons (Fsp3) is 0.400. The van der Waals surface area contributed by atoms with E-state index in [1.165, 1.54) is 0 Å². The van der Waals surface area contributed by atoms with Gasteiger partial charge in [0.05, 0.1) is 0 Å². The lowest BCUT2D eigenvalue weighted by atomic mass is 10.2. The Morgan fingerprint density at radius 1 is 1.17 bits per heavy atom. The number of benzene rings is 1. The van der Waals surface area contributed by atoms with Crippen LogP contribution < -0.4 is 0 Å². The third-order valence-corrected chi connectivity index (χ3v) is 3.28. The number of nitrogens with zero attached hydrogens (tertiary/aromatic N) is 2. The van der Waals surface area contributed by atoms with Gasteiger partial charge < -0.3 is 4.90 Å². The maximum atomic E-state index is 12.3. The van der Waals surface area contributed by atoms with Crippen molar-refractivity contribution in [2.45, 2.75) is 6.42 Å². The van der Waals surface area contributed by atoms with Crippen LogP contribution in [0.2, 0.25) is 0 Å². The quantitative estimate of drug-likeness (QED) is 0.759. The van der Waals surface area contributed by atoms with E-state index in [-0.39, 0.29) is 5.91 Å². The summed E-state index contributed by atoms with van der Waals surface area (Å²) in [6.07, 6.45) is 2.96. The summed E-state index contributed by atoms with van der Waals surface area (Å²) >= 11 is 0. The van der Waals surface area contributed by atoms with E-state index in [1.807, 2.05) is 41.3 Å². The highest BCUT2D eigenvalue weighted by atomic mass is 16.2. The number of rotatable bonds is 3. The summed E-state index contributed by atoms with van der Waals surface area (Å²) in [7, 11) is 0. The van der Waals surface area contributed by atoms with Gasteiger partial charge in [-0.15, -0.1) is 6.58 Å². The Balaban J connectivity index is 1.98. The molecule has 1 aromatic carbocycles. The molecule has 0 spiro atoms. The highest BCUT2D eigenvalue weighted by Gasteiger charge is 2.19. The first-order valence-corrected chi connectivity index (χ1v) is 6.49. The highest BCUT2D eigenvalue weighted by molar-refractivity contribution is 5.94. The van der Waals surface area contributed by atoms with Crippen LogP contribution in [-0.4, -0.2) is 48.4 Å². The Bertz CT molecular complexity index is 402. The zero-order valence-corrected chi connectivity index (χ0v) is 10.7. The molecule has 1 aliphatic rings. The zero-order chi connectivity index (χ0) is 12.8. The third kappa shape index (κ3) is 3.20. The van der Waals surface area contributed by atoms with Gasteiger partial charge in [-0.3, -0.25) is 9.69 Å². The van der Waals surface area contributed by atoms with Crippen molar-refractivity contribution in [3.63, 3.8) is 0 Å². The largest absolute Gasteiger partial charge is 0.337 e. The molecule has 0 unspecified atom stereocenters. The lowest BCUT2D eigenvalue weighted by Gasteiger charge is -2.21. The standard InChI is InChI=1S/C15H20N2O/c1-2-9-16-10-6-11-17(13-12-16)15(18)14-7-4-3-5-8-14/h2-5,7-8H,1,6,9-13H2. The lowest BCUT2D eigenvalue weighted by Crippen LogP contribution is -2.35. The van der Waals surface area contributed by atoms with Gasteiger partial charge in [0.1, 0.15) is 0 Å². The molecule has 0 radical (unpaired) electrons. The summed E-state index contributed by atoms with van der Waals surface area (Å²) in [5, 5.41) is 0. The van der Waals surface area contributed by atoms with Crippen molar-refractivity contribution in [3.05, 3.63) is 48.6 Å². The molecule has 1 fully saturated rings. The SMILES string of the molecule is C=CCN1CCCN(C(=O)c2ccccc2)CC1. The van der Waals surface area contributed by atoms with Crippen LogP contribution >= 0.6 is 0 Å². The van der Waals surface area contributed by atoms with E-state index in [4.69, 9.17) is 0 Å². The molecule has 3 heteroatoms. The molecule has 3 nitrogen and oxygen atoms in total. The van der Waals surface area contributed by atoms with Gasteiger partial charge in [-0.1, -0.05) is 24.3 Å². The van der Waals surface area contributed by atoms with E-state index in [1.54, 1.807) is 0 Å². The van der Waals surface area contributed by atoms with Gasteiger partial charge in [0, 0.05) is 38.3 Å². The van der Waals surface area contributed by atoms with Crippen LogP contribution in [0.25, 0.3) is 0 Å². The van der Waals surface area contributed by atoms with Gasteiger partial charge in [0.2, 0.25) is 0 Å². The number of hydrogen-bond donors (Lipinski definition) is 0. The Kier molecular flexibility index (Phi) is 4.53. The average molecular weight is 244 g/mol. The smallest absolute Gasteiger partial charge is 0.253 e. The predicted molar refractivity (Wildman–Crippen MR) is 73.6 cm³/mol. The Morgan fingerprint density at radius 3 is 2.67 bits per heavy atom. The van der Waals surface area contributed by atoms with Crippen LogP contribution in [0.5, 0.6) is 0 Å². The van der Waals surface area contributed by atoms with Crippen molar-refractivity contribution in [1.29, 1.82) is 0 Å². The average Bonchev–Trinajstić information content (AvgIpc) is 2.65. The van der Waals surface area contributed by atoms with E-state index in [0.29, 0.717) is 0 Å². The van der Waals surface area contributed by atoms with Gasteiger partial charge in [0.15, 0.2) is 0 Å². The van der Waals surface area contributed by atoms with Crippen molar-refractivity contribution < 1.29 is 4.79 Å². The molecular weight excluding hydrogens is 224 g/mol. The molecule has 0 aromatic heterocycles. The molecule has 0 N–H and O–H groups in total. The normalized spacial score (nSPS) is 17.2. The van der Waals surface area contributed by atoms with Gasteiger partial charge in [0.25, 0.3) is 5.91 Å². The lowest BCUT2D eigenvalue weighted by molar-refractivity contribution is 0.0762. The zero-order valence-electron chi connectivity index (χ0n) is 10.7. The molecule has 2 rings (SSSR count). The van der Waals surface area contributed by atoms with E-state index in [2.05, 4.69) is 11.5 Å². The van der Waals surface area contributed by atoms with Gasteiger partial charge in [-0.25, -0.2) is 0 Å². The molecule has 18 heavy (non-hydrogen) atoms. The second-order valence-corrected chi connectivity index (χ2v) is 4.60. The Morgan fingerprint density at radius 2 is 1.94 bits per heavy atom. The van der Waals surface area contributed by atoms with E-state index in [9.17, 15) is 4.79 Å². The minimum atomic E-state index is 0.149. The first kappa shape index (κ1) is 12.8. The van der Waals surface area contributed by atoms with E-state index < -0.39 is 0 Å². The second kappa shape index (κ2) is 6.36. The summed E-state index contributed by atoms with van der Waals surface area (Å²) in [4.78, 5) is 16.6. The van der Waals surface area contributed by atoms with Crippen molar-refractivity contribution in [3.8, 4) is 0 Å². The summed E-state index contributed by atoms with van der Waals surface area (Å²) in [6, 6.07) is 9.53. The first-order chi connectivity index (χ1) is 8.81. The van der Waals surface area contributed by atoms with Crippen molar-refractivity contribution in [2.75, 3.05) is 32.7 Å². The van der Waals surface area contributed by atoms with E-state index in [0.717, 1.165) is 44.7 Å². The van der Waals surface area contributed by atoms with E-state index >= 15 is 0 Å². The molecule has 96 valence electrons. The molecule has 1 saturated heterocycles. The molecule has 0 atom stereocenters. The predicted octanol–water partition coefficient (Wildman–Crippen LogP) is 2.02. The molecule has 0 saturated carbocycles. The van der Waals surface area contributed by atoms with Crippen LogP contribution in [0.3, 0.4) is 0 Å². The Labute approximate surface area is 109 Å². The molecule has 1 heterocycles. The van der Waals surface area contributed by atoms with Crippen LogP contribution in [0.15, 0.2) is 43.0 Å². The topological polar surface area (TPSA) is 23.6 Å². The summed E-state index contributed by atoms with van der Waals surface area (Å²) in [6.45, 7) is 8.31. The minimum Gasteiger partial charge on any atom is -0.337 e. The summed E-state index contributed by atoms with van der Waals surface area (Å²) in [5.74, 6) is 0.149. The van der Waals surface area contributed by atoms with Gasteiger partial charge in [-0.2, -0.15) is 0 Å². The Hall–Kier alpha value is -1.61. The van der Waals surface area contributed by atoms with Crippen molar-refractivity contribution >= 4 is 5.91 Å². The second-order valence-electron chi connectivity index (χ2n) is 4.60. The van der Waals surface area contributed by atoms with Crippen LogP contribution in [-0.2, 0) is 0 Å². The molecule has 1 aromatic rings. The molecule has 1 amide bonds. The maximum absolute atomic E-state index is 12.3. The van der Waals surface area contributed by atoms with Crippen molar-refractivity contribution in [2.24, 2.45) is 0 Å². The number of amides is 1. The number of carbonyl (C=O) groups is 1. The van der Waals surface area contributed by atoms with Gasteiger partial charge >= 0.3 is 0 Å². The molecule has 0 bridgehead atoms. The molecular formula is C15H20N2O. The van der Waals surface area contributed by atoms with Crippen LogP contribution in [0.1, 0.15) is 16.8 Å². The molecule has 0 aliphatic carbocycles.